The number of halogens is 1. The van der Waals surface area contributed by atoms with Crippen LogP contribution in [-0.4, -0.2) is 34.1 Å². The molecule has 0 fully saturated rings. The van der Waals surface area contributed by atoms with Gasteiger partial charge in [0, 0.05) is 23.8 Å². The molecule has 0 aliphatic heterocycles. The number of rotatable bonds is 5. The number of Topliss-reactive ketones (excluding diaryl/α,β-unsaturated/α-hetero) is 1. The maximum absolute atomic E-state index is 13.2. The van der Waals surface area contributed by atoms with E-state index in [2.05, 4.69) is 10.5 Å². The number of nitrogens with one attached hydrogen (secondary N) is 1. The van der Waals surface area contributed by atoms with Gasteiger partial charge in [0.1, 0.15) is 5.76 Å². The summed E-state index contributed by atoms with van der Waals surface area (Å²) in [6, 6.07) is 6.79. The van der Waals surface area contributed by atoms with E-state index in [1.165, 1.54) is 0 Å². The second-order valence-corrected chi connectivity index (χ2v) is 9.78. The van der Waals surface area contributed by atoms with Crippen LogP contribution in [0.1, 0.15) is 57.9 Å². The number of hydrogen-bond donors (Lipinski definition) is 3. The van der Waals surface area contributed by atoms with E-state index < -0.39 is 23.2 Å². The van der Waals surface area contributed by atoms with Gasteiger partial charge in [0.2, 0.25) is 0 Å². The number of carboxylic acid groups (broad SMARTS) is 1. The highest BCUT2D eigenvalue weighted by atomic mass is 35.5. The van der Waals surface area contributed by atoms with Gasteiger partial charge in [-0.1, -0.05) is 49.2 Å². The van der Waals surface area contributed by atoms with Crippen molar-refractivity contribution in [2.75, 3.05) is 0 Å². The number of aliphatic hydroxyl groups excluding tert-OH is 1. The Balaban J connectivity index is 1.90. The standard InChI is InChI=1S/C24H27ClN2O5/c1-14-8-9-24(22(31)32,18(10-14)15-4-6-16(25)7-5-15)21(30)27-26-13-17-19(28)11-23(2,3)12-20(17)29/h4-8,13,18,28H,9-12H2,1-3H3,(H,27,30)(H,31,32)/b26-13+. The summed E-state index contributed by atoms with van der Waals surface area (Å²) in [5.41, 5.74) is 1.88. The number of aliphatic carboxylic acids is 1. The Morgan fingerprint density at radius 3 is 2.47 bits per heavy atom. The fourth-order valence-corrected chi connectivity index (χ4v) is 4.57. The Morgan fingerprint density at radius 2 is 1.88 bits per heavy atom. The molecule has 2 atom stereocenters. The van der Waals surface area contributed by atoms with E-state index in [9.17, 15) is 24.6 Å². The molecule has 2 aliphatic carbocycles. The van der Waals surface area contributed by atoms with Gasteiger partial charge in [-0.2, -0.15) is 5.10 Å². The Bertz CT molecular complexity index is 1040. The van der Waals surface area contributed by atoms with Crippen molar-refractivity contribution in [3.8, 4) is 0 Å². The predicted octanol–water partition coefficient (Wildman–Crippen LogP) is 4.54. The normalized spacial score (nSPS) is 25.6. The van der Waals surface area contributed by atoms with Crippen LogP contribution in [0.5, 0.6) is 0 Å². The van der Waals surface area contributed by atoms with Gasteiger partial charge >= 0.3 is 5.97 Å². The molecule has 0 spiro atoms. The highest BCUT2D eigenvalue weighted by Crippen LogP contribution is 2.47. The summed E-state index contributed by atoms with van der Waals surface area (Å²) in [5.74, 6) is -3.03. The van der Waals surface area contributed by atoms with Crippen LogP contribution in [0.4, 0.5) is 0 Å². The van der Waals surface area contributed by atoms with E-state index in [1.807, 2.05) is 20.8 Å². The molecule has 0 radical (unpaired) electrons. The van der Waals surface area contributed by atoms with E-state index in [4.69, 9.17) is 11.6 Å². The van der Waals surface area contributed by atoms with Gasteiger partial charge in [-0.15, -0.1) is 0 Å². The van der Waals surface area contributed by atoms with Gasteiger partial charge in [0.25, 0.3) is 5.91 Å². The van der Waals surface area contributed by atoms with Crippen LogP contribution in [0.3, 0.4) is 0 Å². The van der Waals surface area contributed by atoms with Crippen molar-refractivity contribution in [2.24, 2.45) is 15.9 Å². The maximum Gasteiger partial charge on any atom is 0.320 e. The average Bonchev–Trinajstić information content (AvgIpc) is 2.69. The van der Waals surface area contributed by atoms with Crippen molar-refractivity contribution in [2.45, 2.75) is 52.4 Å². The maximum atomic E-state index is 13.2. The molecule has 0 saturated carbocycles. The molecule has 7 nitrogen and oxygen atoms in total. The zero-order valence-electron chi connectivity index (χ0n) is 18.3. The first-order valence-electron chi connectivity index (χ1n) is 10.4. The number of carbonyl (C=O) groups is 3. The Morgan fingerprint density at radius 1 is 1.22 bits per heavy atom. The minimum atomic E-state index is -1.78. The lowest BCUT2D eigenvalue weighted by Gasteiger charge is -2.38. The molecule has 0 heterocycles. The minimum Gasteiger partial charge on any atom is -0.511 e. The molecule has 0 saturated heterocycles. The van der Waals surface area contributed by atoms with Gasteiger partial charge in [-0.25, -0.2) is 5.43 Å². The molecule has 1 aromatic carbocycles. The van der Waals surface area contributed by atoms with Crippen molar-refractivity contribution in [1.29, 1.82) is 0 Å². The number of hydrogen-bond acceptors (Lipinski definition) is 5. The van der Waals surface area contributed by atoms with Gasteiger partial charge in [0.15, 0.2) is 11.2 Å². The van der Waals surface area contributed by atoms with Crippen molar-refractivity contribution in [1.82, 2.24) is 5.43 Å². The zero-order chi connectivity index (χ0) is 23.7. The lowest BCUT2D eigenvalue weighted by Crippen LogP contribution is -2.50. The number of amides is 1. The van der Waals surface area contributed by atoms with Crippen molar-refractivity contribution >= 4 is 35.5 Å². The molecule has 0 bridgehead atoms. The lowest BCUT2D eigenvalue weighted by atomic mass is 9.64. The first-order valence-corrected chi connectivity index (χ1v) is 10.8. The molecule has 1 amide bonds. The lowest BCUT2D eigenvalue weighted by molar-refractivity contribution is -0.158. The Hall–Kier alpha value is -2.93. The SMILES string of the molecule is CC1=CCC(C(=O)O)(C(=O)N/N=C/C2=C(O)CC(C)(C)CC2=O)C(c2ccc(Cl)cc2)C1. The van der Waals surface area contributed by atoms with Crippen molar-refractivity contribution < 1.29 is 24.6 Å². The second-order valence-electron chi connectivity index (χ2n) is 9.34. The van der Waals surface area contributed by atoms with Gasteiger partial charge in [0.05, 0.1) is 11.8 Å². The highest BCUT2D eigenvalue weighted by Gasteiger charge is 2.53. The number of carboxylic acids is 1. The summed E-state index contributed by atoms with van der Waals surface area (Å²) in [5, 5.41) is 24.7. The topological polar surface area (TPSA) is 116 Å². The molecule has 3 N–H and O–H groups in total. The molecule has 2 unspecified atom stereocenters. The summed E-state index contributed by atoms with van der Waals surface area (Å²) in [4.78, 5) is 38.0. The molecule has 3 rings (SSSR count). The van der Waals surface area contributed by atoms with E-state index in [-0.39, 0.29) is 35.4 Å². The third-order valence-electron chi connectivity index (χ3n) is 6.21. The van der Waals surface area contributed by atoms with E-state index in [0.29, 0.717) is 23.4 Å². The summed E-state index contributed by atoms with van der Waals surface area (Å²) in [7, 11) is 0. The highest BCUT2D eigenvalue weighted by molar-refractivity contribution is 6.30. The number of hydrazone groups is 1. The van der Waals surface area contributed by atoms with Crippen LogP contribution in [0, 0.1) is 10.8 Å². The Labute approximate surface area is 191 Å². The minimum absolute atomic E-state index is 0.00385. The number of aliphatic hydroxyl groups is 1. The van der Waals surface area contributed by atoms with Crippen LogP contribution in [-0.2, 0) is 14.4 Å². The summed E-state index contributed by atoms with van der Waals surface area (Å²) >= 11 is 5.98. The van der Waals surface area contributed by atoms with Gasteiger partial charge in [-0.3, -0.25) is 14.4 Å². The van der Waals surface area contributed by atoms with Crippen LogP contribution < -0.4 is 5.43 Å². The molecule has 32 heavy (non-hydrogen) atoms. The molecular weight excluding hydrogens is 432 g/mol. The van der Waals surface area contributed by atoms with Crippen LogP contribution >= 0.6 is 11.6 Å². The van der Waals surface area contributed by atoms with Gasteiger partial charge < -0.3 is 10.2 Å². The summed E-state index contributed by atoms with van der Waals surface area (Å²) in [6.45, 7) is 5.65. The number of nitrogens with zero attached hydrogens (tertiary/aromatic N) is 1. The quantitative estimate of drug-likeness (QED) is 0.259. The zero-order valence-corrected chi connectivity index (χ0v) is 19.1. The third kappa shape index (κ3) is 4.63. The molecule has 1 aromatic rings. The summed E-state index contributed by atoms with van der Waals surface area (Å²) < 4.78 is 0. The summed E-state index contributed by atoms with van der Waals surface area (Å²) in [6.07, 6.45) is 3.81. The number of ketones is 1. The largest absolute Gasteiger partial charge is 0.511 e. The average molecular weight is 459 g/mol. The number of allylic oxidation sites excluding steroid dienone is 4. The van der Waals surface area contributed by atoms with E-state index in [0.717, 1.165) is 11.8 Å². The smallest absolute Gasteiger partial charge is 0.320 e. The molecule has 0 aromatic heterocycles. The van der Waals surface area contributed by atoms with E-state index >= 15 is 0 Å². The Kier molecular flexibility index (Phi) is 6.60. The predicted molar refractivity (Wildman–Crippen MR) is 122 cm³/mol. The van der Waals surface area contributed by atoms with Crippen molar-refractivity contribution in [3.63, 3.8) is 0 Å². The van der Waals surface area contributed by atoms with E-state index in [1.54, 1.807) is 30.3 Å². The van der Waals surface area contributed by atoms with Gasteiger partial charge in [-0.05, 0) is 42.9 Å². The number of carbonyl (C=O) groups excluding carboxylic acids is 2. The van der Waals surface area contributed by atoms with Crippen LogP contribution in [0.15, 0.2) is 52.3 Å². The fourth-order valence-electron chi connectivity index (χ4n) is 4.44. The van der Waals surface area contributed by atoms with Crippen molar-refractivity contribution in [3.05, 3.63) is 57.8 Å². The fraction of sp³-hybridized carbons (Fsp3) is 0.417. The first kappa shape index (κ1) is 23.7. The molecule has 170 valence electrons. The third-order valence-corrected chi connectivity index (χ3v) is 6.46. The number of benzene rings is 1. The molecular formula is C24H27ClN2O5. The van der Waals surface area contributed by atoms with Crippen LogP contribution in [0.2, 0.25) is 5.02 Å². The molecule has 8 heteroatoms. The molecule has 2 aliphatic rings. The second kappa shape index (κ2) is 8.90. The monoisotopic (exact) mass is 458 g/mol. The first-order chi connectivity index (χ1) is 15.0. The van der Waals surface area contributed by atoms with Crippen LogP contribution in [0.25, 0.3) is 0 Å².